The Morgan fingerprint density at radius 1 is 0.366 bits per heavy atom. The summed E-state index contributed by atoms with van der Waals surface area (Å²) in [6.45, 7) is 31.3. The molecule has 26 nitrogen and oxygen atoms in total. The Balaban J connectivity index is 0.997. The highest BCUT2D eigenvalue weighted by atomic mass is 32.2. The summed E-state index contributed by atoms with van der Waals surface area (Å²) in [6.07, 6.45) is -9.66. The predicted octanol–water partition coefficient (Wildman–Crippen LogP) is 5.85. The van der Waals surface area contributed by atoms with Gasteiger partial charge in [0.2, 0.25) is 5.91 Å². The van der Waals surface area contributed by atoms with E-state index in [9.17, 15) is 4.79 Å². The third kappa shape index (κ3) is 25.2. The Morgan fingerprint density at radius 3 is 1.14 bits per heavy atom. The third-order valence-corrected chi connectivity index (χ3v) is 19.4. The molecule has 5 heterocycles. The highest BCUT2D eigenvalue weighted by Crippen LogP contribution is 2.42. The van der Waals surface area contributed by atoms with Crippen molar-refractivity contribution < 1.29 is 118 Å². The topological polar surface area (TPSA) is 251 Å². The van der Waals surface area contributed by atoms with Gasteiger partial charge in [-0.3, -0.25) is 4.79 Å². The molecule has 1 N–H and O–H groups in total. The zero-order chi connectivity index (χ0) is 68.0. The Bertz CT molecular complexity index is 1950. The third-order valence-electron chi connectivity index (χ3n) is 18.2. The number of nitrogens with one attached hydrogen (secondary N) is 1. The lowest BCUT2D eigenvalue weighted by Crippen LogP contribution is -2.65. The van der Waals surface area contributed by atoms with Crippen LogP contribution in [-0.4, -0.2) is 301 Å². The number of carbonyl (C=O) groups is 1. The second-order valence-electron chi connectivity index (χ2n) is 25.4. The summed E-state index contributed by atoms with van der Waals surface area (Å²) in [5.74, 6) is 0.744. The molecule has 0 unspecified atom stereocenters. The quantitative estimate of drug-likeness (QED) is 0.0702. The van der Waals surface area contributed by atoms with Crippen LogP contribution in [-0.2, 0) is 118 Å². The van der Waals surface area contributed by atoms with Crippen molar-refractivity contribution in [1.29, 1.82) is 0 Å². The van der Waals surface area contributed by atoms with E-state index in [-0.39, 0.29) is 72.1 Å². The molecule has 0 aromatic heterocycles. The summed E-state index contributed by atoms with van der Waals surface area (Å²) in [6, 6.07) is 0. The molecule has 27 heteroatoms. The first-order chi connectivity index (χ1) is 44.8. The maximum atomic E-state index is 12.1. The second-order valence-corrected chi connectivity index (χ2v) is 27.3. The van der Waals surface area contributed by atoms with Gasteiger partial charge in [0.15, 0.2) is 31.5 Å². The van der Waals surface area contributed by atoms with Crippen LogP contribution in [0.5, 0.6) is 0 Å². The van der Waals surface area contributed by atoms with Crippen molar-refractivity contribution in [3.8, 4) is 0 Å². The van der Waals surface area contributed by atoms with E-state index in [4.69, 9.17) is 114 Å². The molecule has 1 amide bonds. The lowest BCUT2D eigenvalue weighted by molar-refractivity contribution is -0.383. The first-order valence-corrected chi connectivity index (χ1v) is 34.9. The van der Waals surface area contributed by atoms with E-state index < -0.39 is 105 Å². The molecule has 93 heavy (non-hydrogen) atoms. The highest BCUT2D eigenvalue weighted by Gasteiger charge is 2.56. The van der Waals surface area contributed by atoms with E-state index in [1.165, 1.54) is 0 Å². The minimum Gasteiger partial charge on any atom is -0.378 e. The number of thioether (sulfide) groups is 1. The minimum absolute atomic E-state index is 0.0568. The smallest absolute Gasteiger partial charge is 0.246 e. The first kappa shape index (κ1) is 82.5. The molecule has 0 bridgehead atoms. The van der Waals surface area contributed by atoms with Gasteiger partial charge in [-0.05, 0) is 44.9 Å². The molecule has 5 saturated heterocycles. The summed E-state index contributed by atoms with van der Waals surface area (Å²) in [7, 11) is 11.4. The summed E-state index contributed by atoms with van der Waals surface area (Å²) in [5, 5.41) is 2.77. The largest absolute Gasteiger partial charge is 0.378 e. The molecule has 5 rings (SSSR count). The zero-order valence-corrected chi connectivity index (χ0v) is 60.5. The fraction of sp³-hybridized carbons (Fsp3) is 0.985. The van der Waals surface area contributed by atoms with E-state index in [2.05, 4.69) is 67.6 Å². The van der Waals surface area contributed by atoms with Crippen LogP contribution in [0.1, 0.15) is 102 Å². The monoisotopic (exact) mass is 1360 g/mol. The second kappa shape index (κ2) is 44.2. The molecule has 0 radical (unpaired) electrons. The van der Waals surface area contributed by atoms with Crippen LogP contribution in [0.2, 0.25) is 0 Å². The Hall–Kier alpha value is -1.14. The average Bonchev–Trinajstić information content (AvgIpc) is 0.848. The SMILES string of the molecule is CC[C@H]1O[C@H](OC)[C@H](C)[C@@H](C)[C@@H]1O[C@@H]1O[C@@H](C)[C@@H](O[C@H]2O[C@H](CC)[C@@H](O[C@@H]3O[C@H](C)[C@@H](O[C@H]4O[C@H](CC)[C@@H](OCCOCCOCCOCCNC(=O)COCCOCCOCCOCCSC(C)(C)C)[C@H](OC)[C@H]4OC)[C@H](OC)[C@H]3OC)[C@H](C)[C@H]2C)[C@H](OC)[C@H]1OC. The summed E-state index contributed by atoms with van der Waals surface area (Å²) < 4.78 is 149. The van der Waals surface area contributed by atoms with E-state index in [0.717, 1.165) is 12.2 Å². The normalized spacial score (nSPS) is 36.9. The van der Waals surface area contributed by atoms with Gasteiger partial charge in [0.1, 0.15) is 61.5 Å². The Kier molecular flexibility index (Phi) is 39.2. The fourth-order valence-corrected chi connectivity index (χ4v) is 13.4. The van der Waals surface area contributed by atoms with Gasteiger partial charge in [-0.2, -0.15) is 11.8 Å². The van der Waals surface area contributed by atoms with Crippen LogP contribution in [0.15, 0.2) is 0 Å². The number of methoxy groups -OCH3 is 7. The van der Waals surface area contributed by atoms with Gasteiger partial charge >= 0.3 is 0 Å². The van der Waals surface area contributed by atoms with Crippen LogP contribution in [0.3, 0.4) is 0 Å². The standard InChI is InChI=1S/C66H123NO25S/c1-20-46-50(40(4)42(6)61(75-19)86-46)89-63-58(72-16)55(69-13)52(44(8)84-63)91-62-43(7)41(5)51(47(21-2)87-62)90-64-59(73-17)56(70-14)53(45(9)85-64)92-65-60(74-18)57(71-15)54(48(22-3)88-65)83-36-35-80-30-29-77-26-25-76-24-23-67-49(68)39-82-34-33-79-28-27-78-31-32-81-37-38-93-66(10,11)12/h40-48,50-65H,20-39H2,1-19H3,(H,67,68)/t40-,41-,42-,43-,44+,45-,46-,47-,48-,50+,51+,52-,53-,54-,55+,56+,57+,58-,59-,60-,61+,62-,63+,64+,65-/m1/s1. The first-order valence-electron chi connectivity index (χ1n) is 33.9. The average molecular weight is 1360 g/mol. The fourth-order valence-electron chi connectivity index (χ4n) is 12.6. The molecule has 0 saturated carbocycles. The Labute approximate surface area is 560 Å². The highest BCUT2D eigenvalue weighted by molar-refractivity contribution is 8.00. The number of hydrogen-bond donors (Lipinski definition) is 1. The van der Waals surface area contributed by atoms with Gasteiger partial charge in [-0.1, -0.05) is 69.2 Å². The van der Waals surface area contributed by atoms with E-state index >= 15 is 0 Å². The van der Waals surface area contributed by atoms with Crippen LogP contribution < -0.4 is 5.32 Å². The molecule has 0 aromatic rings. The summed E-state index contributed by atoms with van der Waals surface area (Å²) in [5.41, 5.74) is 0. The zero-order valence-electron chi connectivity index (χ0n) is 59.7. The predicted molar refractivity (Wildman–Crippen MR) is 344 cm³/mol. The van der Waals surface area contributed by atoms with Crippen molar-refractivity contribution in [1.82, 2.24) is 5.32 Å². The van der Waals surface area contributed by atoms with Gasteiger partial charge in [-0.15, -0.1) is 0 Å². The van der Waals surface area contributed by atoms with Crippen molar-refractivity contribution in [2.45, 2.75) is 236 Å². The molecular weight excluding hydrogens is 1240 g/mol. The molecular formula is C66H123NO25S. The maximum Gasteiger partial charge on any atom is 0.246 e. The number of carbonyl (C=O) groups excluding carboxylic acids is 1. The van der Waals surface area contributed by atoms with Crippen molar-refractivity contribution in [2.24, 2.45) is 23.7 Å². The molecule has 0 aromatic carbocycles. The van der Waals surface area contributed by atoms with E-state index in [1.807, 2.05) is 32.5 Å². The van der Waals surface area contributed by atoms with Gasteiger partial charge in [0.05, 0.1) is 135 Å². The molecule has 5 fully saturated rings. The lowest BCUT2D eigenvalue weighted by Gasteiger charge is -2.52. The number of rotatable bonds is 45. The van der Waals surface area contributed by atoms with Crippen molar-refractivity contribution in [3.63, 3.8) is 0 Å². The summed E-state index contributed by atoms with van der Waals surface area (Å²) >= 11 is 1.88. The van der Waals surface area contributed by atoms with Gasteiger partial charge in [-0.25, -0.2) is 0 Å². The molecule has 5 aliphatic heterocycles. The lowest BCUT2D eigenvalue weighted by atomic mass is 9.83. The van der Waals surface area contributed by atoms with Crippen LogP contribution in [0, 0.1) is 23.7 Å². The summed E-state index contributed by atoms with van der Waals surface area (Å²) in [4.78, 5) is 12.1. The molecule has 25 atom stereocenters. The maximum absolute atomic E-state index is 12.1. The van der Waals surface area contributed by atoms with Crippen LogP contribution >= 0.6 is 11.8 Å². The van der Waals surface area contributed by atoms with Crippen molar-refractivity contribution in [2.75, 3.05) is 161 Å². The Morgan fingerprint density at radius 2 is 0.710 bits per heavy atom. The molecule has 0 spiro atoms. The van der Waals surface area contributed by atoms with E-state index in [0.29, 0.717) is 105 Å². The van der Waals surface area contributed by atoms with E-state index in [1.54, 1.807) is 49.8 Å². The van der Waals surface area contributed by atoms with Crippen molar-refractivity contribution >= 4 is 17.7 Å². The van der Waals surface area contributed by atoms with Gasteiger partial charge in [0, 0.05) is 78.6 Å². The van der Waals surface area contributed by atoms with Crippen LogP contribution in [0.25, 0.3) is 0 Å². The minimum atomic E-state index is -0.889. The molecule has 0 aliphatic carbocycles. The van der Waals surface area contributed by atoms with Crippen LogP contribution in [0.4, 0.5) is 0 Å². The molecule has 548 valence electrons. The number of ether oxygens (including phenoxy) is 24. The van der Waals surface area contributed by atoms with Gasteiger partial charge in [0.25, 0.3) is 0 Å². The van der Waals surface area contributed by atoms with Crippen molar-refractivity contribution in [3.05, 3.63) is 0 Å². The number of hydrogen-bond acceptors (Lipinski definition) is 26. The van der Waals surface area contributed by atoms with Gasteiger partial charge < -0.3 is 119 Å². The molecule has 5 aliphatic rings. The number of amides is 1.